The molecule has 0 unspecified atom stereocenters. The Kier molecular flexibility index (Phi) is 5.45. The molecule has 2 aromatic heterocycles. The van der Waals surface area contributed by atoms with Crippen molar-refractivity contribution in [2.24, 2.45) is 0 Å². The summed E-state index contributed by atoms with van der Waals surface area (Å²) in [4.78, 5) is 9.68. The Morgan fingerprint density at radius 3 is 1.41 bits per heavy atom. The Hall–Kier alpha value is -2.64. The second-order valence-corrected chi connectivity index (χ2v) is 11.6. The van der Waals surface area contributed by atoms with Crippen molar-refractivity contribution in [3.8, 4) is 22.5 Å². The number of hydrogen-bond acceptors (Lipinski definition) is 6. The molecule has 0 aliphatic carbocycles. The van der Waals surface area contributed by atoms with Crippen LogP contribution in [0.2, 0.25) is 0 Å². The molecule has 0 bridgehead atoms. The summed E-state index contributed by atoms with van der Waals surface area (Å²) < 4.78 is 2.08. The van der Waals surface area contributed by atoms with Crippen LogP contribution in [0.1, 0.15) is 0 Å². The van der Waals surface area contributed by atoms with Crippen molar-refractivity contribution < 1.29 is 0 Å². The Bertz CT molecular complexity index is 1430. The molecule has 0 aliphatic rings. The highest BCUT2D eigenvalue weighted by atomic mass is 33.1. The van der Waals surface area contributed by atoms with Gasteiger partial charge in [-0.15, -0.1) is 22.7 Å². The molecule has 154 valence electrons. The summed E-state index contributed by atoms with van der Waals surface area (Å²) in [5.74, 6) is 0. The molecule has 0 aliphatic heterocycles. The third-order valence-corrected chi connectivity index (χ3v) is 9.97. The molecular formula is C26H16N2S4. The second kappa shape index (κ2) is 8.71. The standard InChI is InChI=1S/C26H16N2S4/c1-3-7-19-13-21(11-9-17(19)5-1)23-15-29-25(27-23)31-32-26-28-24(16-30-26)22-12-10-18-6-2-4-8-20(18)14-22/h1-16H. The fourth-order valence-electron chi connectivity index (χ4n) is 3.62. The van der Waals surface area contributed by atoms with Crippen molar-refractivity contribution in [1.29, 1.82) is 0 Å². The Balaban J connectivity index is 1.17. The maximum Gasteiger partial charge on any atom is 0.161 e. The number of hydrogen-bond donors (Lipinski definition) is 0. The lowest BCUT2D eigenvalue weighted by atomic mass is 10.1. The maximum absolute atomic E-state index is 4.84. The van der Waals surface area contributed by atoms with Crippen LogP contribution in [0.4, 0.5) is 0 Å². The van der Waals surface area contributed by atoms with Gasteiger partial charge in [-0.25, -0.2) is 9.97 Å². The van der Waals surface area contributed by atoms with E-state index in [4.69, 9.17) is 9.97 Å². The van der Waals surface area contributed by atoms with Gasteiger partial charge in [0.1, 0.15) is 0 Å². The van der Waals surface area contributed by atoms with Gasteiger partial charge in [0.15, 0.2) is 8.68 Å². The molecule has 0 fully saturated rings. The van der Waals surface area contributed by atoms with Crippen molar-refractivity contribution in [2.75, 3.05) is 0 Å². The molecule has 0 atom stereocenters. The van der Waals surface area contributed by atoms with E-state index in [9.17, 15) is 0 Å². The first-order valence-corrected chi connectivity index (χ1v) is 14.0. The van der Waals surface area contributed by atoms with E-state index >= 15 is 0 Å². The highest BCUT2D eigenvalue weighted by Gasteiger charge is 2.10. The highest BCUT2D eigenvalue weighted by molar-refractivity contribution is 8.77. The predicted octanol–water partition coefficient (Wildman–Crippen LogP) is 9.04. The van der Waals surface area contributed by atoms with E-state index in [-0.39, 0.29) is 0 Å². The first-order chi connectivity index (χ1) is 15.8. The van der Waals surface area contributed by atoms with E-state index in [2.05, 4.69) is 95.7 Å². The van der Waals surface area contributed by atoms with Crippen LogP contribution in [-0.4, -0.2) is 9.97 Å². The van der Waals surface area contributed by atoms with Gasteiger partial charge in [-0.2, -0.15) is 0 Å². The maximum atomic E-state index is 4.84. The summed E-state index contributed by atoms with van der Waals surface area (Å²) >= 11 is 3.36. The van der Waals surface area contributed by atoms with Crippen molar-refractivity contribution in [1.82, 2.24) is 9.97 Å². The topological polar surface area (TPSA) is 25.8 Å². The summed E-state index contributed by atoms with van der Waals surface area (Å²) in [7, 11) is 3.35. The lowest BCUT2D eigenvalue weighted by molar-refractivity contribution is 1.26. The molecular weight excluding hydrogens is 469 g/mol. The first kappa shape index (κ1) is 20.0. The average molecular weight is 485 g/mol. The fourth-order valence-corrected chi connectivity index (χ4v) is 7.72. The normalized spacial score (nSPS) is 11.4. The molecule has 0 N–H and O–H groups in total. The van der Waals surface area contributed by atoms with Crippen LogP contribution in [0.3, 0.4) is 0 Å². The fraction of sp³-hybridized carbons (Fsp3) is 0. The largest absolute Gasteiger partial charge is 0.229 e. The zero-order valence-corrected chi connectivity index (χ0v) is 20.0. The summed E-state index contributed by atoms with van der Waals surface area (Å²) in [6.07, 6.45) is 0. The Labute approximate surface area is 201 Å². The van der Waals surface area contributed by atoms with Crippen LogP contribution in [0, 0.1) is 0 Å². The summed E-state index contributed by atoms with van der Waals surface area (Å²) in [5, 5.41) is 9.26. The lowest BCUT2D eigenvalue weighted by Crippen LogP contribution is -1.79. The number of fused-ring (bicyclic) bond motifs is 2. The van der Waals surface area contributed by atoms with E-state index in [0.717, 1.165) is 31.2 Å². The van der Waals surface area contributed by atoms with Crippen molar-refractivity contribution in [3.05, 3.63) is 95.7 Å². The van der Waals surface area contributed by atoms with Gasteiger partial charge >= 0.3 is 0 Å². The van der Waals surface area contributed by atoms with Crippen molar-refractivity contribution in [2.45, 2.75) is 8.68 Å². The van der Waals surface area contributed by atoms with Gasteiger partial charge in [-0.1, -0.05) is 72.8 Å². The highest BCUT2D eigenvalue weighted by Crippen LogP contribution is 2.42. The molecule has 32 heavy (non-hydrogen) atoms. The van der Waals surface area contributed by atoms with Gasteiger partial charge in [-0.3, -0.25) is 0 Å². The van der Waals surface area contributed by atoms with E-state index in [1.54, 1.807) is 44.3 Å². The summed E-state index contributed by atoms with van der Waals surface area (Å²) in [5.41, 5.74) is 4.37. The van der Waals surface area contributed by atoms with Crippen LogP contribution >= 0.6 is 44.3 Å². The number of thiazole rings is 2. The average Bonchev–Trinajstić information content (AvgIpc) is 3.52. The zero-order chi connectivity index (χ0) is 21.3. The van der Waals surface area contributed by atoms with Crippen molar-refractivity contribution >= 4 is 65.8 Å². The third kappa shape index (κ3) is 4.07. The van der Waals surface area contributed by atoms with E-state index < -0.39 is 0 Å². The van der Waals surface area contributed by atoms with Gasteiger partial charge in [0, 0.05) is 21.9 Å². The van der Waals surface area contributed by atoms with E-state index in [0.29, 0.717) is 0 Å². The van der Waals surface area contributed by atoms with Crippen LogP contribution in [-0.2, 0) is 0 Å². The van der Waals surface area contributed by atoms with Crippen LogP contribution < -0.4 is 0 Å². The van der Waals surface area contributed by atoms with E-state index in [1.165, 1.54) is 21.5 Å². The van der Waals surface area contributed by atoms with Gasteiger partial charge < -0.3 is 0 Å². The Morgan fingerprint density at radius 1 is 0.500 bits per heavy atom. The molecule has 0 spiro atoms. The Morgan fingerprint density at radius 2 is 0.938 bits per heavy atom. The summed E-state index contributed by atoms with van der Waals surface area (Å²) in [6, 6.07) is 29.9. The molecule has 0 saturated carbocycles. The quantitative estimate of drug-likeness (QED) is 0.228. The third-order valence-electron chi connectivity index (χ3n) is 5.24. The minimum atomic E-state index is 1.03. The van der Waals surface area contributed by atoms with Crippen LogP contribution in [0.25, 0.3) is 44.1 Å². The van der Waals surface area contributed by atoms with Crippen LogP contribution in [0.15, 0.2) is 104 Å². The minimum Gasteiger partial charge on any atom is -0.229 e. The lowest BCUT2D eigenvalue weighted by Gasteiger charge is -2.01. The van der Waals surface area contributed by atoms with Crippen LogP contribution in [0.5, 0.6) is 0 Å². The molecule has 2 heterocycles. The van der Waals surface area contributed by atoms with Gasteiger partial charge in [0.2, 0.25) is 0 Å². The second-order valence-electron chi connectivity index (χ2n) is 7.29. The molecule has 0 amide bonds. The first-order valence-electron chi connectivity index (χ1n) is 10.1. The molecule has 0 radical (unpaired) electrons. The smallest absolute Gasteiger partial charge is 0.161 e. The molecule has 2 nitrogen and oxygen atoms in total. The number of benzene rings is 4. The van der Waals surface area contributed by atoms with E-state index in [1.807, 2.05) is 0 Å². The molecule has 6 rings (SSSR count). The number of rotatable bonds is 5. The zero-order valence-electron chi connectivity index (χ0n) is 16.8. The molecule has 4 aromatic carbocycles. The monoisotopic (exact) mass is 484 g/mol. The van der Waals surface area contributed by atoms with Gasteiger partial charge in [0.25, 0.3) is 0 Å². The summed E-state index contributed by atoms with van der Waals surface area (Å²) in [6.45, 7) is 0. The number of nitrogens with zero attached hydrogens (tertiary/aromatic N) is 2. The van der Waals surface area contributed by atoms with Crippen molar-refractivity contribution in [3.63, 3.8) is 0 Å². The minimum absolute atomic E-state index is 1.03. The van der Waals surface area contributed by atoms with Gasteiger partial charge in [0.05, 0.1) is 11.4 Å². The number of aromatic nitrogens is 2. The predicted molar refractivity (Wildman–Crippen MR) is 142 cm³/mol. The molecule has 0 saturated heterocycles. The molecule has 6 heteroatoms. The SMILES string of the molecule is c1ccc2cc(-c3csc(SSc4nc(-c5ccc6ccccc6c5)cs4)n3)ccc2c1. The molecule has 6 aromatic rings. The van der Waals surface area contributed by atoms with Gasteiger partial charge in [-0.05, 0) is 55.3 Å².